The number of benzene rings is 1. The zero-order chi connectivity index (χ0) is 14.4. The highest BCUT2D eigenvalue weighted by Gasteiger charge is 2.17. The largest absolute Gasteiger partial charge is 0.493 e. The third-order valence-corrected chi connectivity index (χ3v) is 2.66. The van der Waals surface area contributed by atoms with E-state index in [2.05, 4.69) is 13.8 Å². The number of ether oxygens (including phenoxy) is 3. The molecule has 0 heterocycles. The quantitative estimate of drug-likeness (QED) is 0.710. The van der Waals surface area contributed by atoms with Crippen LogP contribution in [0, 0.1) is 5.92 Å². The Bertz CT molecular complexity index is 413. The van der Waals surface area contributed by atoms with Gasteiger partial charge < -0.3 is 14.2 Å². The summed E-state index contributed by atoms with van der Waals surface area (Å²) in [7, 11) is 3.11. The molecular formula is C15H22O4. The molecule has 1 aromatic carbocycles. The molecule has 0 fully saturated rings. The van der Waals surface area contributed by atoms with Crippen LogP contribution in [0.15, 0.2) is 12.1 Å². The van der Waals surface area contributed by atoms with Crippen LogP contribution < -0.4 is 14.2 Å². The molecule has 106 valence electrons. The minimum absolute atomic E-state index is 0.0482. The van der Waals surface area contributed by atoms with Crippen molar-refractivity contribution in [2.45, 2.75) is 27.2 Å². The van der Waals surface area contributed by atoms with Gasteiger partial charge in [0.05, 0.1) is 20.8 Å². The maximum atomic E-state index is 11.8. The molecule has 0 saturated heterocycles. The van der Waals surface area contributed by atoms with E-state index < -0.39 is 0 Å². The van der Waals surface area contributed by atoms with Gasteiger partial charge in [-0.2, -0.15) is 0 Å². The van der Waals surface area contributed by atoms with Crippen LogP contribution in [0.25, 0.3) is 0 Å². The van der Waals surface area contributed by atoms with Crippen LogP contribution in [0.3, 0.4) is 0 Å². The van der Waals surface area contributed by atoms with Gasteiger partial charge in [-0.05, 0) is 18.1 Å². The van der Waals surface area contributed by atoms with Gasteiger partial charge in [0.25, 0.3) is 0 Å². The highest BCUT2D eigenvalue weighted by atomic mass is 16.5. The molecule has 0 aliphatic rings. The molecule has 0 amide bonds. The fourth-order valence-corrected chi connectivity index (χ4v) is 1.64. The van der Waals surface area contributed by atoms with Crippen molar-refractivity contribution in [1.29, 1.82) is 0 Å². The molecule has 0 N–H and O–H groups in total. The van der Waals surface area contributed by atoms with Crippen molar-refractivity contribution in [3.63, 3.8) is 0 Å². The minimum Gasteiger partial charge on any atom is -0.493 e. The van der Waals surface area contributed by atoms with Gasteiger partial charge in [0, 0.05) is 12.0 Å². The third kappa shape index (κ3) is 3.88. The van der Waals surface area contributed by atoms with E-state index >= 15 is 0 Å². The Morgan fingerprint density at radius 3 is 2.05 bits per heavy atom. The van der Waals surface area contributed by atoms with Crippen molar-refractivity contribution in [1.82, 2.24) is 0 Å². The lowest BCUT2D eigenvalue weighted by Crippen LogP contribution is -2.08. The molecule has 0 aliphatic heterocycles. The predicted molar refractivity (Wildman–Crippen MR) is 74.5 cm³/mol. The Balaban J connectivity index is 3.17. The second-order valence-electron chi connectivity index (χ2n) is 4.69. The van der Waals surface area contributed by atoms with Gasteiger partial charge in [-0.25, -0.2) is 0 Å². The van der Waals surface area contributed by atoms with E-state index in [-0.39, 0.29) is 5.78 Å². The molecule has 19 heavy (non-hydrogen) atoms. The molecule has 0 bridgehead atoms. The molecule has 0 aromatic heterocycles. The first-order chi connectivity index (χ1) is 9.03. The summed E-state index contributed by atoms with van der Waals surface area (Å²) < 4.78 is 16.3. The van der Waals surface area contributed by atoms with Crippen LogP contribution in [0.2, 0.25) is 0 Å². The maximum Gasteiger partial charge on any atom is 0.203 e. The SMILES string of the molecule is CCC(=O)c1cc(OC)c(OCC(C)C)c(OC)c1. The lowest BCUT2D eigenvalue weighted by Gasteiger charge is -2.16. The molecular weight excluding hydrogens is 244 g/mol. The first-order valence-corrected chi connectivity index (χ1v) is 6.45. The van der Waals surface area contributed by atoms with Gasteiger partial charge in [0.2, 0.25) is 5.75 Å². The molecule has 0 spiro atoms. The highest BCUT2D eigenvalue weighted by molar-refractivity contribution is 5.97. The van der Waals surface area contributed by atoms with Gasteiger partial charge in [-0.15, -0.1) is 0 Å². The number of hydrogen-bond donors (Lipinski definition) is 0. The van der Waals surface area contributed by atoms with Crippen LogP contribution in [0.5, 0.6) is 17.2 Å². The zero-order valence-electron chi connectivity index (χ0n) is 12.3. The smallest absolute Gasteiger partial charge is 0.203 e. The number of methoxy groups -OCH3 is 2. The summed E-state index contributed by atoms with van der Waals surface area (Å²) >= 11 is 0. The van der Waals surface area contributed by atoms with Gasteiger partial charge in [-0.3, -0.25) is 4.79 Å². The van der Waals surface area contributed by atoms with Crippen LogP contribution in [-0.4, -0.2) is 26.6 Å². The van der Waals surface area contributed by atoms with Crippen LogP contribution >= 0.6 is 0 Å². The lowest BCUT2D eigenvalue weighted by molar-refractivity contribution is 0.0987. The second kappa shape index (κ2) is 7.02. The highest BCUT2D eigenvalue weighted by Crippen LogP contribution is 2.39. The summed E-state index contributed by atoms with van der Waals surface area (Å²) in [5.74, 6) is 2.04. The normalized spacial score (nSPS) is 10.4. The van der Waals surface area contributed by atoms with Crippen molar-refractivity contribution >= 4 is 5.78 Å². The van der Waals surface area contributed by atoms with Crippen molar-refractivity contribution in [2.75, 3.05) is 20.8 Å². The molecule has 0 unspecified atom stereocenters. The number of ketones is 1. The van der Waals surface area contributed by atoms with Crippen LogP contribution in [-0.2, 0) is 0 Å². The summed E-state index contributed by atoms with van der Waals surface area (Å²) in [4.78, 5) is 11.8. The Morgan fingerprint density at radius 1 is 1.16 bits per heavy atom. The van der Waals surface area contributed by atoms with Crippen molar-refractivity contribution < 1.29 is 19.0 Å². The Hall–Kier alpha value is -1.71. The molecule has 0 saturated carbocycles. The van der Waals surface area contributed by atoms with Gasteiger partial charge >= 0.3 is 0 Å². The van der Waals surface area contributed by atoms with E-state index in [1.165, 1.54) is 0 Å². The summed E-state index contributed by atoms with van der Waals surface area (Å²) in [6, 6.07) is 3.40. The maximum absolute atomic E-state index is 11.8. The van der Waals surface area contributed by atoms with Gasteiger partial charge in [0.15, 0.2) is 17.3 Å². The number of carbonyl (C=O) groups is 1. The molecule has 0 aliphatic carbocycles. The number of rotatable bonds is 7. The summed E-state index contributed by atoms with van der Waals surface area (Å²) in [6.07, 6.45) is 0.443. The van der Waals surface area contributed by atoms with Gasteiger partial charge in [0.1, 0.15) is 0 Å². The topological polar surface area (TPSA) is 44.8 Å². The first kappa shape index (κ1) is 15.3. The fourth-order valence-electron chi connectivity index (χ4n) is 1.64. The zero-order valence-corrected chi connectivity index (χ0v) is 12.3. The molecule has 1 aromatic rings. The standard InChI is InChI=1S/C15H22O4/c1-6-12(16)11-7-13(17-4)15(14(8-11)18-5)19-9-10(2)3/h7-8,10H,6,9H2,1-5H3. The van der Waals surface area contributed by atoms with Crippen LogP contribution in [0.1, 0.15) is 37.6 Å². The van der Waals surface area contributed by atoms with Crippen molar-refractivity contribution in [3.8, 4) is 17.2 Å². The summed E-state index contributed by atoms with van der Waals surface area (Å²) in [5, 5.41) is 0. The lowest BCUT2D eigenvalue weighted by atomic mass is 10.1. The third-order valence-electron chi connectivity index (χ3n) is 2.66. The van der Waals surface area contributed by atoms with E-state index in [0.29, 0.717) is 41.8 Å². The average molecular weight is 266 g/mol. The van der Waals surface area contributed by atoms with E-state index in [1.54, 1.807) is 26.4 Å². The average Bonchev–Trinajstić information content (AvgIpc) is 2.42. The number of Topliss-reactive ketones (excluding diaryl/α,β-unsaturated/α-hetero) is 1. The number of carbonyl (C=O) groups excluding carboxylic acids is 1. The van der Waals surface area contributed by atoms with E-state index in [4.69, 9.17) is 14.2 Å². The minimum atomic E-state index is 0.0482. The van der Waals surface area contributed by atoms with Gasteiger partial charge in [-0.1, -0.05) is 20.8 Å². The van der Waals surface area contributed by atoms with E-state index in [0.717, 1.165) is 0 Å². The molecule has 4 nitrogen and oxygen atoms in total. The Morgan fingerprint density at radius 2 is 1.68 bits per heavy atom. The Labute approximate surface area is 114 Å². The predicted octanol–water partition coefficient (Wildman–Crippen LogP) is 3.33. The summed E-state index contributed by atoms with van der Waals surface area (Å²) in [6.45, 7) is 6.51. The molecule has 4 heteroatoms. The molecule has 0 atom stereocenters. The van der Waals surface area contributed by atoms with Crippen molar-refractivity contribution in [3.05, 3.63) is 17.7 Å². The molecule has 1 rings (SSSR count). The monoisotopic (exact) mass is 266 g/mol. The Kier molecular flexibility index (Phi) is 5.67. The molecule has 0 radical (unpaired) electrons. The second-order valence-corrected chi connectivity index (χ2v) is 4.69. The first-order valence-electron chi connectivity index (χ1n) is 6.45. The number of hydrogen-bond acceptors (Lipinski definition) is 4. The van der Waals surface area contributed by atoms with Crippen LogP contribution in [0.4, 0.5) is 0 Å². The van der Waals surface area contributed by atoms with E-state index in [1.807, 2.05) is 6.92 Å². The van der Waals surface area contributed by atoms with E-state index in [9.17, 15) is 4.79 Å². The van der Waals surface area contributed by atoms with Crippen molar-refractivity contribution in [2.24, 2.45) is 5.92 Å². The summed E-state index contributed by atoms with van der Waals surface area (Å²) in [5.41, 5.74) is 0.577. The fraction of sp³-hybridized carbons (Fsp3) is 0.533.